The number of carbonyl (C=O) groups is 1. The van der Waals surface area contributed by atoms with Crippen molar-refractivity contribution >= 4 is 28.2 Å². The molecular formula is C16H11N4O5-. The van der Waals surface area contributed by atoms with Crippen molar-refractivity contribution in [1.82, 2.24) is 4.98 Å². The maximum atomic E-state index is 12.1. The standard InChI is InChI=1S/C16H12N4O5/c1-8-2-4-12-10(6-8)14(16(23)17-12)18-19-15(22)11-7-9(20(24)25)3-5-13(11)21/h2-7,17,21,23H,1H3/p-1. The first-order valence-corrected chi connectivity index (χ1v) is 7.09. The number of nitrogens with one attached hydrogen (secondary N) is 1. The largest absolute Gasteiger partial charge is 0.872 e. The molecule has 0 fully saturated rings. The fraction of sp³-hybridized carbons (Fsp3) is 0.0625. The van der Waals surface area contributed by atoms with E-state index in [-0.39, 0.29) is 11.6 Å². The van der Waals surface area contributed by atoms with Crippen molar-refractivity contribution in [3.63, 3.8) is 0 Å². The minimum atomic E-state index is -1.03. The van der Waals surface area contributed by atoms with Gasteiger partial charge < -0.3 is 15.2 Å². The topological polar surface area (TPSA) is 144 Å². The zero-order valence-electron chi connectivity index (χ0n) is 12.9. The van der Waals surface area contributed by atoms with Crippen LogP contribution in [0.2, 0.25) is 0 Å². The van der Waals surface area contributed by atoms with Crippen LogP contribution in [0.15, 0.2) is 46.6 Å². The van der Waals surface area contributed by atoms with Crippen molar-refractivity contribution < 1.29 is 19.9 Å². The average Bonchev–Trinajstić information content (AvgIpc) is 2.87. The van der Waals surface area contributed by atoms with Gasteiger partial charge >= 0.3 is 0 Å². The number of nitrogens with zero attached hydrogens (tertiary/aromatic N) is 3. The number of benzene rings is 2. The van der Waals surface area contributed by atoms with E-state index in [2.05, 4.69) is 15.2 Å². The van der Waals surface area contributed by atoms with Crippen LogP contribution in [-0.4, -0.2) is 20.9 Å². The van der Waals surface area contributed by atoms with E-state index in [0.29, 0.717) is 10.9 Å². The summed E-state index contributed by atoms with van der Waals surface area (Å²) in [6.45, 7) is 1.85. The van der Waals surface area contributed by atoms with Crippen LogP contribution in [0.5, 0.6) is 11.6 Å². The highest BCUT2D eigenvalue weighted by Gasteiger charge is 2.14. The van der Waals surface area contributed by atoms with E-state index >= 15 is 0 Å². The van der Waals surface area contributed by atoms with Crippen molar-refractivity contribution in [2.24, 2.45) is 10.2 Å². The molecule has 0 unspecified atom stereocenters. The van der Waals surface area contributed by atoms with Gasteiger partial charge in [-0.3, -0.25) is 14.9 Å². The lowest BCUT2D eigenvalue weighted by Gasteiger charge is -2.08. The molecule has 0 aliphatic rings. The van der Waals surface area contributed by atoms with Crippen LogP contribution in [0.1, 0.15) is 15.9 Å². The Morgan fingerprint density at radius 2 is 2.00 bits per heavy atom. The highest BCUT2D eigenvalue weighted by molar-refractivity contribution is 5.99. The van der Waals surface area contributed by atoms with Crippen molar-refractivity contribution in [3.05, 3.63) is 57.6 Å². The first-order valence-electron chi connectivity index (χ1n) is 7.09. The Hall–Kier alpha value is -3.75. The molecule has 0 atom stereocenters. The Morgan fingerprint density at radius 3 is 2.72 bits per heavy atom. The molecule has 2 N–H and O–H groups in total. The number of H-pyrrole nitrogens is 1. The third kappa shape index (κ3) is 3.02. The van der Waals surface area contributed by atoms with Gasteiger partial charge in [-0.2, -0.15) is 0 Å². The number of hydrogen-bond acceptors (Lipinski definition) is 6. The molecule has 0 radical (unpaired) electrons. The fourth-order valence-corrected chi connectivity index (χ4v) is 2.33. The molecule has 25 heavy (non-hydrogen) atoms. The summed E-state index contributed by atoms with van der Waals surface area (Å²) < 4.78 is 0. The molecule has 1 heterocycles. The summed E-state index contributed by atoms with van der Waals surface area (Å²) in [6, 6.07) is 8.09. The Kier molecular flexibility index (Phi) is 3.89. The summed E-state index contributed by atoms with van der Waals surface area (Å²) >= 11 is 0. The third-order valence-electron chi connectivity index (χ3n) is 3.55. The Balaban J connectivity index is 1.99. The summed E-state index contributed by atoms with van der Waals surface area (Å²) in [7, 11) is 0. The number of hydrogen-bond donors (Lipinski definition) is 2. The van der Waals surface area contributed by atoms with Gasteiger partial charge in [-0.15, -0.1) is 10.2 Å². The van der Waals surface area contributed by atoms with E-state index in [0.717, 1.165) is 23.8 Å². The number of aromatic nitrogens is 1. The molecule has 1 amide bonds. The van der Waals surface area contributed by atoms with E-state index < -0.39 is 27.8 Å². The number of aromatic hydroxyl groups is 1. The second-order valence-corrected chi connectivity index (χ2v) is 5.31. The van der Waals surface area contributed by atoms with Gasteiger partial charge in [0.2, 0.25) is 5.88 Å². The van der Waals surface area contributed by atoms with Gasteiger partial charge in [0.25, 0.3) is 11.6 Å². The van der Waals surface area contributed by atoms with E-state index in [4.69, 9.17) is 0 Å². The minimum Gasteiger partial charge on any atom is -0.872 e. The maximum absolute atomic E-state index is 12.1. The first kappa shape index (κ1) is 16.1. The Labute approximate surface area is 140 Å². The number of nitro groups is 1. The van der Waals surface area contributed by atoms with E-state index in [9.17, 15) is 25.1 Å². The average molecular weight is 339 g/mol. The molecule has 126 valence electrons. The minimum absolute atomic E-state index is 0.0462. The third-order valence-corrected chi connectivity index (χ3v) is 3.55. The number of aromatic amines is 1. The van der Waals surface area contributed by atoms with Gasteiger partial charge in [0.1, 0.15) is 0 Å². The quantitative estimate of drug-likeness (QED) is 0.428. The van der Waals surface area contributed by atoms with Crippen LogP contribution >= 0.6 is 0 Å². The lowest BCUT2D eigenvalue weighted by Crippen LogP contribution is -2.03. The van der Waals surface area contributed by atoms with Gasteiger partial charge in [0.15, 0.2) is 5.69 Å². The number of fused-ring (bicyclic) bond motifs is 1. The molecule has 0 saturated heterocycles. The lowest BCUT2D eigenvalue weighted by atomic mass is 10.1. The number of rotatable bonds is 3. The molecule has 0 spiro atoms. The molecule has 9 nitrogen and oxygen atoms in total. The van der Waals surface area contributed by atoms with E-state index in [1.807, 2.05) is 13.0 Å². The maximum Gasteiger partial charge on any atom is 0.295 e. The van der Waals surface area contributed by atoms with Crippen LogP contribution in [0.3, 0.4) is 0 Å². The van der Waals surface area contributed by atoms with Crippen molar-refractivity contribution in [1.29, 1.82) is 0 Å². The molecule has 0 aliphatic carbocycles. The normalized spacial score (nSPS) is 11.2. The highest BCUT2D eigenvalue weighted by Crippen LogP contribution is 2.36. The SMILES string of the molecule is Cc1ccc2[nH]c(O)c(N=NC(=O)c3cc([N+](=O)[O-])ccc3[O-])c2c1. The predicted octanol–water partition coefficient (Wildman–Crippen LogP) is 3.09. The molecular weight excluding hydrogens is 328 g/mol. The van der Waals surface area contributed by atoms with Crippen LogP contribution in [0.25, 0.3) is 10.9 Å². The van der Waals surface area contributed by atoms with Crippen LogP contribution in [0.4, 0.5) is 11.4 Å². The Bertz CT molecular complexity index is 1040. The molecule has 0 aliphatic heterocycles. The summed E-state index contributed by atoms with van der Waals surface area (Å²) in [5, 5.41) is 40.1. The number of amides is 1. The molecule has 1 aromatic heterocycles. The number of aryl methyl sites for hydroxylation is 1. The Morgan fingerprint density at radius 1 is 1.24 bits per heavy atom. The molecule has 3 aromatic rings. The smallest absolute Gasteiger partial charge is 0.295 e. The molecule has 2 aromatic carbocycles. The number of carbonyl (C=O) groups excluding carboxylic acids is 1. The van der Waals surface area contributed by atoms with E-state index in [1.165, 1.54) is 0 Å². The molecule has 3 rings (SSSR count). The van der Waals surface area contributed by atoms with Crippen LogP contribution in [0, 0.1) is 17.0 Å². The van der Waals surface area contributed by atoms with Crippen molar-refractivity contribution in [3.8, 4) is 11.6 Å². The summed E-state index contributed by atoms with van der Waals surface area (Å²) in [6.07, 6.45) is 0. The van der Waals surface area contributed by atoms with Crippen LogP contribution in [-0.2, 0) is 0 Å². The zero-order chi connectivity index (χ0) is 18.1. The number of non-ortho nitro benzene ring substituents is 1. The summed E-state index contributed by atoms with van der Waals surface area (Å²) in [5.41, 5.74) is 0.696. The van der Waals surface area contributed by atoms with Crippen LogP contribution < -0.4 is 5.11 Å². The van der Waals surface area contributed by atoms with E-state index in [1.54, 1.807) is 12.1 Å². The monoisotopic (exact) mass is 339 g/mol. The van der Waals surface area contributed by atoms with Gasteiger partial charge in [0.05, 0.1) is 10.4 Å². The first-order chi connectivity index (χ1) is 11.9. The van der Waals surface area contributed by atoms with Gasteiger partial charge in [-0.25, -0.2) is 0 Å². The second-order valence-electron chi connectivity index (χ2n) is 5.31. The van der Waals surface area contributed by atoms with Gasteiger partial charge in [-0.05, 0) is 19.1 Å². The van der Waals surface area contributed by atoms with Gasteiger partial charge in [0, 0.05) is 23.1 Å². The number of nitro benzene ring substituents is 1. The van der Waals surface area contributed by atoms with Gasteiger partial charge in [-0.1, -0.05) is 23.4 Å². The summed E-state index contributed by atoms with van der Waals surface area (Å²) in [5.74, 6) is -2.01. The van der Waals surface area contributed by atoms with Crippen molar-refractivity contribution in [2.75, 3.05) is 0 Å². The zero-order valence-corrected chi connectivity index (χ0v) is 12.9. The lowest BCUT2D eigenvalue weighted by molar-refractivity contribution is -0.385. The number of azo groups is 1. The van der Waals surface area contributed by atoms with Crippen molar-refractivity contribution in [2.45, 2.75) is 6.92 Å². The predicted molar refractivity (Wildman–Crippen MR) is 86.1 cm³/mol. The fourth-order valence-electron chi connectivity index (χ4n) is 2.33. The summed E-state index contributed by atoms with van der Waals surface area (Å²) in [4.78, 5) is 24.8. The second kappa shape index (κ2) is 6.04. The molecule has 0 bridgehead atoms. The molecule has 0 saturated carbocycles. The molecule has 9 heteroatoms. The highest BCUT2D eigenvalue weighted by atomic mass is 16.6.